The van der Waals surface area contributed by atoms with Crippen molar-refractivity contribution in [3.63, 3.8) is 0 Å². The van der Waals surface area contributed by atoms with Gasteiger partial charge in [-0.25, -0.2) is 0 Å². The Morgan fingerprint density at radius 1 is 1.31 bits per heavy atom. The van der Waals surface area contributed by atoms with Crippen LogP contribution < -0.4 is 0 Å². The third kappa shape index (κ3) is 4.27. The molecule has 13 heavy (non-hydrogen) atoms. The van der Waals surface area contributed by atoms with Gasteiger partial charge in [-0.2, -0.15) is 0 Å². The second kappa shape index (κ2) is 6.89. The molecule has 0 fully saturated rings. The summed E-state index contributed by atoms with van der Waals surface area (Å²) >= 11 is 0. The van der Waals surface area contributed by atoms with Crippen molar-refractivity contribution in [2.75, 3.05) is 20.2 Å². The highest BCUT2D eigenvalue weighted by Crippen LogP contribution is 2.07. The van der Waals surface area contributed by atoms with Gasteiger partial charge in [-0.05, 0) is 19.4 Å². The SMILES string of the molecule is CCC(CC)N(CC)CC(=O)OC. The quantitative estimate of drug-likeness (QED) is 0.592. The van der Waals surface area contributed by atoms with Crippen LogP contribution in [0, 0.1) is 0 Å². The summed E-state index contributed by atoms with van der Waals surface area (Å²) in [6, 6.07) is 0.504. The summed E-state index contributed by atoms with van der Waals surface area (Å²) in [5.41, 5.74) is 0. The van der Waals surface area contributed by atoms with E-state index in [1.807, 2.05) is 0 Å². The van der Waals surface area contributed by atoms with Crippen LogP contribution in [0.4, 0.5) is 0 Å². The molecule has 0 radical (unpaired) electrons. The fourth-order valence-electron chi connectivity index (χ4n) is 1.53. The molecule has 0 saturated heterocycles. The first kappa shape index (κ1) is 12.4. The maximum Gasteiger partial charge on any atom is 0.319 e. The molecule has 0 heterocycles. The Morgan fingerprint density at radius 2 is 1.85 bits per heavy atom. The van der Waals surface area contributed by atoms with Crippen LogP contribution in [0.3, 0.4) is 0 Å². The van der Waals surface area contributed by atoms with Crippen LogP contribution in [0.25, 0.3) is 0 Å². The van der Waals surface area contributed by atoms with Crippen molar-refractivity contribution < 1.29 is 9.53 Å². The van der Waals surface area contributed by atoms with Crippen LogP contribution >= 0.6 is 0 Å². The summed E-state index contributed by atoms with van der Waals surface area (Å²) in [5, 5.41) is 0. The summed E-state index contributed by atoms with van der Waals surface area (Å²) in [6.45, 7) is 7.68. The van der Waals surface area contributed by atoms with E-state index in [9.17, 15) is 4.79 Å². The lowest BCUT2D eigenvalue weighted by Gasteiger charge is -2.27. The van der Waals surface area contributed by atoms with E-state index in [-0.39, 0.29) is 5.97 Å². The highest BCUT2D eigenvalue weighted by atomic mass is 16.5. The number of likely N-dealkylation sites (N-methyl/N-ethyl adjacent to an activating group) is 1. The zero-order valence-corrected chi connectivity index (χ0v) is 9.17. The minimum Gasteiger partial charge on any atom is -0.468 e. The van der Waals surface area contributed by atoms with Gasteiger partial charge >= 0.3 is 5.97 Å². The van der Waals surface area contributed by atoms with Gasteiger partial charge in [0.25, 0.3) is 0 Å². The largest absolute Gasteiger partial charge is 0.468 e. The van der Waals surface area contributed by atoms with Crippen molar-refractivity contribution in [3.8, 4) is 0 Å². The summed E-state index contributed by atoms with van der Waals surface area (Å²) in [6.07, 6.45) is 2.17. The Morgan fingerprint density at radius 3 is 2.15 bits per heavy atom. The van der Waals surface area contributed by atoms with E-state index in [1.54, 1.807) is 0 Å². The number of nitrogens with zero attached hydrogens (tertiary/aromatic N) is 1. The van der Waals surface area contributed by atoms with Crippen molar-refractivity contribution in [3.05, 3.63) is 0 Å². The topological polar surface area (TPSA) is 29.5 Å². The maximum atomic E-state index is 11.1. The number of methoxy groups -OCH3 is 1. The molecule has 0 amide bonds. The molecule has 0 atom stereocenters. The number of rotatable bonds is 6. The van der Waals surface area contributed by atoms with E-state index in [4.69, 9.17) is 0 Å². The van der Waals surface area contributed by atoms with E-state index in [2.05, 4.69) is 30.4 Å². The van der Waals surface area contributed by atoms with E-state index in [0.717, 1.165) is 19.4 Å². The number of hydrogen-bond donors (Lipinski definition) is 0. The molecular formula is C10H21NO2. The Bertz CT molecular complexity index is 144. The molecule has 0 spiro atoms. The molecule has 0 bridgehead atoms. The zero-order valence-electron chi connectivity index (χ0n) is 9.17. The Hall–Kier alpha value is -0.570. The van der Waals surface area contributed by atoms with Gasteiger partial charge in [0.2, 0.25) is 0 Å². The van der Waals surface area contributed by atoms with E-state index in [0.29, 0.717) is 12.6 Å². The minimum absolute atomic E-state index is 0.145. The van der Waals surface area contributed by atoms with Gasteiger partial charge in [-0.15, -0.1) is 0 Å². The van der Waals surface area contributed by atoms with Crippen LogP contribution in [0.5, 0.6) is 0 Å². The number of hydrogen-bond acceptors (Lipinski definition) is 3. The lowest BCUT2D eigenvalue weighted by atomic mass is 10.1. The Kier molecular flexibility index (Phi) is 6.59. The summed E-state index contributed by atoms with van der Waals surface area (Å²) < 4.78 is 4.64. The smallest absolute Gasteiger partial charge is 0.319 e. The zero-order chi connectivity index (χ0) is 10.3. The average molecular weight is 187 g/mol. The maximum absolute atomic E-state index is 11.1. The lowest BCUT2D eigenvalue weighted by molar-refractivity contribution is -0.142. The van der Waals surface area contributed by atoms with E-state index < -0.39 is 0 Å². The molecule has 3 nitrogen and oxygen atoms in total. The first-order valence-corrected chi connectivity index (χ1v) is 5.00. The highest BCUT2D eigenvalue weighted by Gasteiger charge is 2.16. The molecule has 0 saturated carbocycles. The van der Waals surface area contributed by atoms with Crippen molar-refractivity contribution in [1.82, 2.24) is 4.90 Å². The molecule has 0 aliphatic heterocycles. The number of carbonyl (C=O) groups is 1. The van der Waals surface area contributed by atoms with Crippen molar-refractivity contribution in [2.45, 2.75) is 39.7 Å². The molecular weight excluding hydrogens is 166 g/mol. The fourth-order valence-corrected chi connectivity index (χ4v) is 1.53. The second-order valence-electron chi connectivity index (χ2n) is 3.11. The third-order valence-corrected chi connectivity index (χ3v) is 2.42. The molecule has 0 rings (SSSR count). The molecule has 0 N–H and O–H groups in total. The van der Waals surface area contributed by atoms with E-state index in [1.165, 1.54) is 7.11 Å². The second-order valence-corrected chi connectivity index (χ2v) is 3.11. The van der Waals surface area contributed by atoms with Gasteiger partial charge in [-0.3, -0.25) is 9.69 Å². The molecule has 0 unspecified atom stereocenters. The predicted molar refractivity (Wildman–Crippen MR) is 53.6 cm³/mol. The van der Waals surface area contributed by atoms with Crippen LogP contribution in [0.1, 0.15) is 33.6 Å². The number of carbonyl (C=O) groups excluding carboxylic acids is 1. The normalized spacial score (nSPS) is 10.9. The number of esters is 1. The molecule has 0 aromatic heterocycles. The van der Waals surface area contributed by atoms with Gasteiger partial charge in [0, 0.05) is 6.04 Å². The average Bonchev–Trinajstić information content (AvgIpc) is 2.17. The molecule has 0 aromatic rings. The van der Waals surface area contributed by atoms with Crippen LogP contribution in [0.2, 0.25) is 0 Å². The molecule has 0 aromatic carbocycles. The molecule has 3 heteroatoms. The fraction of sp³-hybridized carbons (Fsp3) is 0.900. The minimum atomic E-state index is -0.145. The van der Waals surface area contributed by atoms with Crippen molar-refractivity contribution in [2.24, 2.45) is 0 Å². The molecule has 0 aliphatic rings. The third-order valence-electron chi connectivity index (χ3n) is 2.42. The van der Waals surface area contributed by atoms with Crippen LogP contribution in [-0.2, 0) is 9.53 Å². The molecule has 78 valence electrons. The van der Waals surface area contributed by atoms with Crippen molar-refractivity contribution >= 4 is 5.97 Å². The summed E-state index contributed by atoms with van der Waals surface area (Å²) in [7, 11) is 1.43. The van der Waals surface area contributed by atoms with Crippen LogP contribution in [0.15, 0.2) is 0 Å². The predicted octanol–water partition coefficient (Wildman–Crippen LogP) is 1.67. The highest BCUT2D eigenvalue weighted by molar-refractivity contribution is 5.71. The van der Waals surface area contributed by atoms with E-state index >= 15 is 0 Å². The Balaban J connectivity index is 4.06. The van der Waals surface area contributed by atoms with Gasteiger partial charge in [0.15, 0.2) is 0 Å². The Labute approximate surface area is 81.1 Å². The van der Waals surface area contributed by atoms with Gasteiger partial charge in [-0.1, -0.05) is 20.8 Å². The first-order chi connectivity index (χ1) is 6.19. The van der Waals surface area contributed by atoms with Crippen molar-refractivity contribution in [1.29, 1.82) is 0 Å². The first-order valence-electron chi connectivity index (χ1n) is 5.00. The van der Waals surface area contributed by atoms with Gasteiger partial charge < -0.3 is 4.74 Å². The summed E-state index contributed by atoms with van der Waals surface area (Å²) in [5.74, 6) is -0.145. The lowest BCUT2D eigenvalue weighted by Crippen LogP contribution is -2.38. The summed E-state index contributed by atoms with van der Waals surface area (Å²) in [4.78, 5) is 13.2. The number of ether oxygens (including phenoxy) is 1. The molecule has 0 aliphatic carbocycles. The monoisotopic (exact) mass is 187 g/mol. The van der Waals surface area contributed by atoms with Crippen LogP contribution in [-0.4, -0.2) is 37.1 Å². The van der Waals surface area contributed by atoms with Gasteiger partial charge in [0.1, 0.15) is 0 Å². The standard InChI is InChI=1S/C10H21NO2/c1-5-9(6-2)11(7-3)8-10(12)13-4/h9H,5-8H2,1-4H3. The van der Waals surface area contributed by atoms with Gasteiger partial charge in [0.05, 0.1) is 13.7 Å².